The molecule has 0 radical (unpaired) electrons. The minimum atomic E-state index is -3.03. The monoisotopic (exact) mass is 326 g/mol. The minimum absolute atomic E-state index is 0.492. The van der Waals surface area contributed by atoms with Crippen LogP contribution in [0.3, 0.4) is 0 Å². The number of hydrogen-bond acceptors (Lipinski definition) is 3. The van der Waals surface area contributed by atoms with Crippen LogP contribution in [0.25, 0.3) is 0 Å². The standard InChI is InChI=1S/C18H31O3P/c1-4-6-8-9-10-14-20-22(19,15-7-5-2)21-18-13-11-12-17(3)16-18/h11-13,16H,4-10,14-15H2,1-3H3. The van der Waals surface area contributed by atoms with Gasteiger partial charge in [0.1, 0.15) is 5.75 Å². The molecule has 4 heteroatoms. The predicted octanol–water partition coefficient (Wildman–Crippen LogP) is 6.35. The highest BCUT2D eigenvalue weighted by atomic mass is 31.2. The van der Waals surface area contributed by atoms with E-state index in [1.807, 2.05) is 31.2 Å². The second kappa shape index (κ2) is 10.9. The molecule has 0 heterocycles. The number of hydrogen-bond donors (Lipinski definition) is 0. The fraction of sp³-hybridized carbons (Fsp3) is 0.667. The van der Waals surface area contributed by atoms with Crippen LogP contribution < -0.4 is 4.52 Å². The van der Waals surface area contributed by atoms with E-state index in [-0.39, 0.29) is 0 Å². The molecule has 0 spiro atoms. The van der Waals surface area contributed by atoms with Gasteiger partial charge in [-0.15, -0.1) is 0 Å². The normalized spacial score (nSPS) is 13.8. The Morgan fingerprint density at radius 2 is 1.73 bits per heavy atom. The molecule has 0 aliphatic rings. The molecule has 0 aromatic heterocycles. The maximum atomic E-state index is 12.9. The van der Waals surface area contributed by atoms with Crippen LogP contribution in [0.1, 0.15) is 64.4 Å². The lowest BCUT2D eigenvalue weighted by Crippen LogP contribution is -2.04. The van der Waals surface area contributed by atoms with Crippen LogP contribution in [-0.4, -0.2) is 12.8 Å². The fourth-order valence-corrected chi connectivity index (χ4v) is 4.05. The van der Waals surface area contributed by atoms with Crippen molar-refractivity contribution >= 4 is 7.60 Å². The summed E-state index contributed by atoms with van der Waals surface area (Å²) < 4.78 is 24.3. The van der Waals surface area contributed by atoms with Gasteiger partial charge in [-0.05, 0) is 37.5 Å². The second-order valence-corrected chi connectivity index (χ2v) is 7.95. The molecule has 0 saturated heterocycles. The summed E-state index contributed by atoms with van der Waals surface area (Å²) >= 11 is 0. The van der Waals surface area contributed by atoms with Gasteiger partial charge in [-0.25, -0.2) is 4.57 Å². The van der Waals surface area contributed by atoms with Crippen molar-refractivity contribution in [2.75, 3.05) is 12.8 Å². The van der Waals surface area contributed by atoms with Crippen LogP contribution in [0.2, 0.25) is 0 Å². The average molecular weight is 326 g/mol. The zero-order valence-electron chi connectivity index (χ0n) is 14.3. The largest absolute Gasteiger partial charge is 0.424 e. The quantitative estimate of drug-likeness (QED) is 0.331. The van der Waals surface area contributed by atoms with Gasteiger partial charge in [0.15, 0.2) is 0 Å². The first-order valence-corrected chi connectivity index (χ1v) is 10.3. The molecule has 0 bridgehead atoms. The van der Waals surface area contributed by atoms with E-state index in [0.717, 1.165) is 31.2 Å². The first-order valence-electron chi connectivity index (χ1n) is 8.59. The van der Waals surface area contributed by atoms with E-state index in [4.69, 9.17) is 9.05 Å². The topological polar surface area (TPSA) is 35.5 Å². The molecule has 1 aromatic rings. The third-order valence-corrected chi connectivity index (χ3v) is 5.48. The Labute approximate surface area is 136 Å². The minimum Gasteiger partial charge on any atom is -0.424 e. The van der Waals surface area contributed by atoms with Gasteiger partial charge < -0.3 is 4.52 Å². The number of rotatable bonds is 12. The van der Waals surface area contributed by atoms with E-state index in [0.29, 0.717) is 18.5 Å². The predicted molar refractivity (Wildman–Crippen MR) is 93.9 cm³/mol. The maximum Gasteiger partial charge on any atom is 0.379 e. The average Bonchev–Trinajstić information content (AvgIpc) is 2.49. The maximum absolute atomic E-state index is 12.9. The molecule has 0 N–H and O–H groups in total. The molecule has 126 valence electrons. The van der Waals surface area contributed by atoms with Crippen LogP contribution >= 0.6 is 7.60 Å². The van der Waals surface area contributed by atoms with Gasteiger partial charge in [-0.1, -0.05) is 58.1 Å². The van der Waals surface area contributed by atoms with Gasteiger partial charge in [0.05, 0.1) is 12.8 Å². The van der Waals surface area contributed by atoms with E-state index in [1.54, 1.807) is 0 Å². The molecular formula is C18H31O3P. The molecule has 1 aromatic carbocycles. The van der Waals surface area contributed by atoms with Crippen LogP contribution in [-0.2, 0) is 9.09 Å². The third kappa shape index (κ3) is 8.00. The molecule has 0 aliphatic heterocycles. The molecule has 0 fully saturated rings. The van der Waals surface area contributed by atoms with Gasteiger partial charge >= 0.3 is 7.60 Å². The van der Waals surface area contributed by atoms with E-state index < -0.39 is 7.60 Å². The van der Waals surface area contributed by atoms with Gasteiger partial charge in [0.25, 0.3) is 0 Å². The summed E-state index contributed by atoms with van der Waals surface area (Å²) in [6, 6.07) is 7.66. The SMILES string of the molecule is CCCCCCCOP(=O)(CCCC)Oc1cccc(C)c1. The molecule has 1 rings (SSSR count). The fourth-order valence-electron chi connectivity index (χ4n) is 2.23. The van der Waals surface area contributed by atoms with E-state index in [2.05, 4.69) is 13.8 Å². The van der Waals surface area contributed by atoms with Gasteiger partial charge in [0, 0.05) is 0 Å². The highest BCUT2D eigenvalue weighted by Crippen LogP contribution is 2.49. The van der Waals surface area contributed by atoms with Gasteiger partial charge in [0.2, 0.25) is 0 Å². The Bertz CT molecular complexity index is 459. The third-order valence-electron chi connectivity index (χ3n) is 3.56. The summed E-state index contributed by atoms with van der Waals surface area (Å²) in [7, 11) is -3.03. The second-order valence-electron chi connectivity index (χ2n) is 5.84. The summed E-state index contributed by atoms with van der Waals surface area (Å²) in [6.07, 6.45) is 8.13. The van der Waals surface area contributed by atoms with Crippen LogP contribution in [0.5, 0.6) is 5.75 Å². The first-order chi connectivity index (χ1) is 10.6. The molecule has 1 atom stereocenters. The lowest BCUT2D eigenvalue weighted by atomic mass is 10.2. The lowest BCUT2D eigenvalue weighted by Gasteiger charge is -2.19. The summed E-state index contributed by atoms with van der Waals surface area (Å²) in [5.74, 6) is 0.644. The van der Waals surface area contributed by atoms with Crippen molar-refractivity contribution < 1.29 is 13.6 Å². The molecule has 0 saturated carbocycles. The Hall–Kier alpha value is -0.790. The number of benzene rings is 1. The van der Waals surface area contributed by atoms with E-state index >= 15 is 0 Å². The van der Waals surface area contributed by atoms with E-state index in [9.17, 15) is 4.57 Å². The van der Waals surface area contributed by atoms with Crippen molar-refractivity contribution in [3.63, 3.8) is 0 Å². The summed E-state index contributed by atoms with van der Waals surface area (Å²) in [4.78, 5) is 0. The Balaban J connectivity index is 2.51. The molecule has 1 unspecified atom stereocenters. The molecule has 22 heavy (non-hydrogen) atoms. The van der Waals surface area contributed by atoms with Crippen molar-refractivity contribution in [2.24, 2.45) is 0 Å². The van der Waals surface area contributed by atoms with Crippen molar-refractivity contribution in [1.82, 2.24) is 0 Å². The summed E-state index contributed by atoms with van der Waals surface area (Å²) in [5.41, 5.74) is 1.10. The zero-order valence-corrected chi connectivity index (χ0v) is 15.2. The van der Waals surface area contributed by atoms with Crippen LogP contribution in [0.15, 0.2) is 24.3 Å². The Kier molecular flexibility index (Phi) is 9.50. The molecule has 0 aliphatic carbocycles. The highest BCUT2D eigenvalue weighted by Gasteiger charge is 2.25. The summed E-state index contributed by atoms with van der Waals surface area (Å²) in [6.45, 7) is 6.81. The van der Waals surface area contributed by atoms with Gasteiger partial charge in [-0.2, -0.15) is 0 Å². The first kappa shape index (κ1) is 19.3. The van der Waals surface area contributed by atoms with Gasteiger partial charge in [-0.3, -0.25) is 4.52 Å². The number of unbranched alkanes of at least 4 members (excludes halogenated alkanes) is 5. The summed E-state index contributed by atoms with van der Waals surface area (Å²) in [5, 5.41) is 0. The molecule has 0 amide bonds. The Morgan fingerprint density at radius 3 is 2.41 bits per heavy atom. The Morgan fingerprint density at radius 1 is 1.00 bits per heavy atom. The lowest BCUT2D eigenvalue weighted by molar-refractivity contribution is 0.257. The van der Waals surface area contributed by atoms with Crippen molar-refractivity contribution in [3.8, 4) is 5.75 Å². The zero-order chi connectivity index (χ0) is 16.3. The number of aryl methyl sites for hydroxylation is 1. The highest BCUT2D eigenvalue weighted by molar-refractivity contribution is 7.54. The molecular weight excluding hydrogens is 295 g/mol. The van der Waals surface area contributed by atoms with E-state index in [1.165, 1.54) is 19.3 Å². The van der Waals surface area contributed by atoms with Crippen molar-refractivity contribution in [3.05, 3.63) is 29.8 Å². The van der Waals surface area contributed by atoms with Crippen LogP contribution in [0.4, 0.5) is 0 Å². The van der Waals surface area contributed by atoms with Crippen molar-refractivity contribution in [2.45, 2.75) is 65.7 Å². The van der Waals surface area contributed by atoms with Crippen LogP contribution in [0, 0.1) is 6.92 Å². The molecule has 3 nitrogen and oxygen atoms in total. The smallest absolute Gasteiger partial charge is 0.379 e. The van der Waals surface area contributed by atoms with Crippen molar-refractivity contribution in [1.29, 1.82) is 0 Å².